The first-order valence-corrected chi connectivity index (χ1v) is 8.56. The molecule has 0 spiro atoms. The van der Waals surface area contributed by atoms with Gasteiger partial charge in [-0.05, 0) is 12.3 Å². The third kappa shape index (κ3) is 3.89. The number of fused-ring (bicyclic) bond motifs is 2. The van der Waals surface area contributed by atoms with Crippen LogP contribution in [0, 0.1) is 11.8 Å². The molecule has 0 radical (unpaired) electrons. The van der Waals surface area contributed by atoms with Crippen LogP contribution in [0.1, 0.15) is 30.9 Å². The number of aromatic nitrogens is 2. The van der Waals surface area contributed by atoms with Crippen molar-refractivity contribution in [3.63, 3.8) is 0 Å². The lowest BCUT2D eigenvalue weighted by Crippen LogP contribution is -2.48. The van der Waals surface area contributed by atoms with Gasteiger partial charge in [-0.2, -0.15) is 0 Å². The molecule has 8 heteroatoms. The fourth-order valence-corrected chi connectivity index (χ4v) is 3.21. The zero-order valence-corrected chi connectivity index (χ0v) is 14.8. The topological polar surface area (TPSA) is 93.7 Å². The van der Waals surface area contributed by atoms with Crippen molar-refractivity contribution in [3.8, 4) is 5.75 Å². The van der Waals surface area contributed by atoms with E-state index in [4.69, 9.17) is 9.47 Å². The van der Waals surface area contributed by atoms with E-state index in [2.05, 4.69) is 29.1 Å². The Morgan fingerprint density at radius 1 is 1.36 bits per heavy atom. The van der Waals surface area contributed by atoms with E-state index in [0.29, 0.717) is 37.7 Å². The van der Waals surface area contributed by atoms with E-state index in [9.17, 15) is 9.59 Å². The monoisotopic (exact) mass is 348 g/mol. The molecule has 2 bridgehead atoms. The summed E-state index contributed by atoms with van der Waals surface area (Å²) >= 11 is 0. The van der Waals surface area contributed by atoms with Crippen LogP contribution in [0.4, 0.5) is 0 Å². The highest BCUT2D eigenvalue weighted by Gasteiger charge is 2.46. The molecule has 2 amide bonds. The number of morpholine rings is 1. The molecule has 3 heterocycles. The summed E-state index contributed by atoms with van der Waals surface area (Å²) in [6, 6.07) is 0. The largest absolute Gasteiger partial charge is 0.494 e. The van der Waals surface area contributed by atoms with Crippen molar-refractivity contribution in [1.29, 1.82) is 0 Å². The van der Waals surface area contributed by atoms with Crippen LogP contribution in [0.3, 0.4) is 0 Å². The van der Waals surface area contributed by atoms with Crippen molar-refractivity contribution in [2.75, 3.05) is 26.7 Å². The fourth-order valence-electron chi connectivity index (χ4n) is 3.21. The minimum atomic E-state index is -0.270. The summed E-state index contributed by atoms with van der Waals surface area (Å²) in [5.74, 6) is 0.582. The zero-order chi connectivity index (χ0) is 18.0. The number of amides is 2. The molecule has 0 aromatic carbocycles. The smallest absolute Gasteiger partial charge is 0.291 e. The van der Waals surface area contributed by atoms with Gasteiger partial charge in [-0.15, -0.1) is 0 Å². The number of nitrogens with zero attached hydrogens (tertiary/aromatic N) is 3. The highest BCUT2D eigenvalue weighted by molar-refractivity contribution is 5.90. The zero-order valence-electron chi connectivity index (χ0n) is 14.8. The molecule has 0 saturated carbocycles. The number of likely N-dealkylation sites (tertiary alicyclic amines) is 1. The molecule has 2 fully saturated rings. The van der Waals surface area contributed by atoms with Crippen LogP contribution < -0.4 is 10.1 Å². The molecule has 1 N–H and O–H groups in total. The number of nitrogens with one attached hydrogen (secondary N) is 1. The van der Waals surface area contributed by atoms with E-state index in [1.165, 1.54) is 19.5 Å². The number of hydrogen-bond acceptors (Lipinski definition) is 6. The molecular weight excluding hydrogens is 324 g/mol. The number of hydrogen-bond donors (Lipinski definition) is 1. The molecule has 3 rings (SSSR count). The van der Waals surface area contributed by atoms with Gasteiger partial charge in [0.05, 0.1) is 37.6 Å². The third-order valence-electron chi connectivity index (χ3n) is 4.52. The van der Waals surface area contributed by atoms with Gasteiger partial charge >= 0.3 is 0 Å². The van der Waals surface area contributed by atoms with Gasteiger partial charge in [0.15, 0.2) is 5.75 Å². The summed E-state index contributed by atoms with van der Waals surface area (Å²) in [5, 5.41) is 2.96. The van der Waals surface area contributed by atoms with Crippen molar-refractivity contribution in [1.82, 2.24) is 20.2 Å². The van der Waals surface area contributed by atoms with Gasteiger partial charge in [-0.25, -0.2) is 9.97 Å². The number of ether oxygens (including phenoxy) is 2. The van der Waals surface area contributed by atoms with E-state index < -0.39 is 0 Å². The van der Waals surface area contributed by atoms with E-state index in [-0.39, 0.29) is 35.8 Å². The maximum absolute atomic E-state index is 12.6. The highest BCUT2D eigenvalue weighted by atomic mass is 16.5. The minimum Gasteiger partial charge on any atom is -0.494 e. The summed E-state index contributed by atoms with van der Waals surface area (Å²) in [6.45, 7) is 5.59. The fraction of sp³-hybridized carbons (Fsp3) is 0.647. The van der Waals surface area contributed by atoms with Crippen molar-refractivity contribution in [2.45, 2.75) is 32.5 Å². The van der Waals surface area contributed by atoms with Crippen molar-refractivity contribution in [3.05, 3.63) is 18.2 Å². The summed E-state index contributed by atoms with van der Waals surface area (Å²) in [6.07, 6.45) is 3.19. The summed E-state index contributed by atoms with van der Waals surface area (Å²) in [4.78, 5) is 34.8. The first kappa shape index (κ1) is 17.6. The molecule has 2 aliphatic rings. The number of carbonyl (C=O) groups excluding carboxylic acids is 2. The van der Waals surface area contributed by atoms with Gasteiger partial charge in [0.2, 0.25) is 11.7 Å². The molecule has 3 atom stereocenters. The number of methoxy groups -OCH3 is 1. The summed E-state index contributed by atoms with van der Waals surface area (Å²) in [5.41, 5.74) is 0. The Kier molecular flexibility index (Phi) is 5.17. The van der Waals surface area contributed by atoms with E-state index >= 15 is 0 Å². The van der Waals surface area contributed by atoms with Crippen LogP contribution in [0.5, 0.6) is 5.75 Å². The molecule has 136 valence electrons. The predicted molar refractivity (Wildman–Crippen MR) is 89.1 cm³/mol. The second kappa shape index (κ2) is 7.35. The van der Waals surface area contributed by atoms with E-state index in [1.807, 2.05) is 0 Å². The molecular formula is C17H24N4O4. The lowest BCUT2D eigenvalue weighted by Gasteiger charge is -2.32. The van der Waals surface area contributed by atoms with Crippen molar-refractivity contribution >= 4 is 11.8 Å². The predicted octanol–water partition coefficient (Wildman–Crippen LogP) is 0.487. The molecule has 1 aromatic rings. The van der Waals surface area contributed by atoms with Crippen LogP contribution >= 0.6 is 0 Å². The molecule has 0 aliphatic carbocycles. The highest BCUT2D eigenvalue weighted by Crippen LogP contribution is 2.32. The van der Waals surface area contributed by atoms with Gasteiger partial charge in [-0.1, -0.05) is 13.8 Å². The van der Waals surface area contributed by atoms with Crippen molar-refractivity contribution in [2.24, 2.45) is 11.8 Å². The Labute approximate surface area is 146 Å². The number of carbonyl (C=O) groups is 2. The SMILES string of the molecule is COc1cnc(C(=O)N2CC3CC(C(=O)NCC(C)C)C(C2)O3)nc1. The first-order valence-electron chi connectivity index (χ1n) is 8.56. The van der Waals surface area contributed by atoms with Crippen LogP contribution in [0.25, 0.3) is 0 Å². The van der Waals surface area contributed by atoms with Gasteiger partial charge in [0, 0.05) is 19.6 Å². The Balaban J connectivity index is 1.63. The minimum absolute atomic E-state index is 0.0104. The maximum atomic E-state index is 12.6. The van der Waals surface area contributed by atoms with Gasteiger partial charge in [-0.3, -0.25) is 9.59 Å². The molecule has 1 aromatic heterocycles. The normalized spacial score (nSPS) is 25.1. The second-order valence-corrected chi connectivity index (χ2v) is 6.93. The van der Waals surface area contributed by atoms with Gasteiger partial charge < -0.3 is 19.7 Å². The van der Waals surface area contributed by atoms with Crippen LogP contribution in [-0.4, -0.2) is 65.6 Å². The standard InChI is InChI=1S/C17H24N4O4/c1-10(2)5-20-16(22)13-4-11-8-21(9-14(13)25-11)17(23)15-18-6-12(24-3)7-19-15/h6-7,10-11,13-14H,4-5,8-9H2,1-3H3,(H,20,22). The molecule has 8 nitrogen and oxygen atoms in total. The number of rotatable bonds is 5. The lowest BCUT2D eigenvalue weighted by molar-refractivity contribution is -0.127. The van der Waals surface area contributed by atoms with E-state index in [1.54, 1.807) is 4.90 Å². The van der Waals surface area contributed by atoms with Crippen LogP contribution in [-0.2, 0) is 9.53 Å². The van der Waals surface area contributed by atoms with E-state index in [0.717, 1.165) is 0 Å². The second-order valence-electron chi connectivity index (χ2n) is 6.93. The Bertz CT molecular complexity index is 634. The Morgan fingerprint density at radius 2 is 2.08 bits per heavy atom. The Hall–Kier alpha value is -2.22. The van der Waals surface area contributed by atoms with Crippen molar-refractivity contribution < 1.29 is 19.1 Å². The molecule has 25 heavy (non-hydrogen) atoms. The molecule has 2 aliphatic heterocycles. The quantitative estimate of drug-likeness (QED) is 0.832. The average Bonchev–Trinajstić information content (AvgIpc) is 2.92. The molecule has 2 saturated heterocycles. The summed E-state index contributed by atoms with van der Waals surface area (Å²) in [7, 11) is 1.52. The Morgan fingerprint density at radius 3 is 2.72 bits per heavy atom. The van der Waals surface area contributed by atoms with Crippen LogP contribution in [0.15, 0.2) is 12.4 Å². The average molecular weight is 348 g/mol. The maximum Gasteiger partial charge on any atom is 0.291 e. The first-order chi connectivity index (χ1) is 12.0. The lowest BCUT2D eigenvalue weighted by atomic mass is 9.99. The summed E-state index contributed by atoms with van der Waals surface area (Å²) < 4.78 is 10.9. The molecule has 3 unspecified atom stereocenters. The van der Waals surface area contributed by atoms with Crippen LogP contribution in [0.2, 0.25) is 0 Å². The van der Waals surface area contributed by atoms with Gasteiger partial charge in [0.1, 0.15) is 0 Å². The third-order valence-corrected chi connectivity index (χ3v) is 4.52. The van der Waals surface area contributed by atoms with Gasteiger partial charge in [0.25, 0.3) is 5.91 Å².